The molecule has 0 saturated carbocycles. The van der Waals surface area contributed by atoms with Crippen LogP contribution in [0.3, 0.4) is 0 Å². The van der Waals surface area contributed by atoms with Crippen molar-refractivity contribution < 1.29 is 28.6 Å². The van der Waals surface area contributed by atoms with Crippen LogP contribution in [0.5, 0.6) is 0 Å². The second-order valence-corrected chi connectivity index (χ2v) is 19.8. The quantitative estimate of drug-likeness (QED) is 0.0261. The first kappa shape index (κ1) is 72.0. The summed E-state index contributed by atoms with van der Waals surface area (Å²) in [4.78, 5) is 38.3. The summed E-state index contributed by atoms with van der Waals surface area (Å²) in [5.41, 5.74) is 0. The molecule has 0 rings (SSSR count). The van der Waals surface area contributed by atoms with Gasteiger partial charge in [0.15, 0.2) is 6.10 Å². The van der Waals surface area contributed by atoms with Gasteiger partial charge in [0.2, 0.25) is 0 Å². The molecule has 0 aliphatic heterocycles. The number of hydrogen-bond acceptors (Lipinski definition) is 6. The summed E-state index contributed by atoms with van der Waals surface area (Å²) in [5, 5.41) is 0. The van der Waals surface area contributed by atoms with Gasteiger partial charge < -0.3 is 14.2 Å². The Labute approximate surface area is 473 Å². The molecule has 0 spiro atoms. The van der Waals surface area contributed by atoms with Gasteiger partial charge in [-0.15, -0.1) is 0 Å². The molecule has 0 aliphatic carbocycles. The zero-order valence-electron chi connectivity index (χ0n) is 49.4. The number of unbranched alkanes of at least 4 members (excludes halogenated alkanes) is 17. The van der Waals surface area contributed by atoms with Crippen molar-refractivity contribution in [3.05, 3.63) is 158 Å². The van der Waals surface area contributed by atoms with Crippen molar-refractivity contribution in [2.75, 3.05) is 13.2 Å². The highest BCUT2D eigenvalue weighted by Crippen LogP contribution is 2.14. The van der Waals surface area contributed by atoms with Crippen molar-refractivity contribution in [2.45, 2.75) is 258 Å². The fourth-order valence-electron chi connectivity index (χ4n) is 7.92. The minimum Gasteiger partial charge on any atom is -0.462 e. The van der Waals surface area contributed by atoms with Gasteiger partial charge in [-0.25, -0.2) is 0 Å². The Kier molecular flexibility index (Phi) is 59.5. The van der Waals surface area contributed by atoms with E-state index in [0.717, 1.165) is 135 Å². The summed E-state index contributed by atoms with van der Waals surface area (Å²) >= 11 is 0. The van der Waals surface area contributed by atoms with E-state index in [1.807, 2.05) is 0 Å². The number of allylic oxidation sites excluding steroid dienone is 26. The van der Waals surface area contributed by atoms with Crippen molar-refractivity contribution in [2.24, 2.45) is 0 Å². The summed E-state index contributed by atoms with van der Waals surface area (Å²) < 4.78 is 16.8. The van der Waals surface area contributed by atoms with E-state index >= 15 is 0 Å². The maximum Gasteiger partial charge on any atom is 0.306 e. The highest BCUT2D eigenvalue weighted by molar-refractivity contribution is 5.71. The van der Waals surface area contributed by atoms with Gasteiger partial charge in [-0.2, -0.15) is 0 Å². The molecule has 0 aromatic rings. The molecular weight excluding hydrogens is 949 g/mol. The van der Waals surface area contributed by atoms with E-state index in [4.69, 9.17) is 14.2 Å². The molecule has 0 fully saturated rings. The second-order valence-electron chi connectivity index (χ2n) is 19.8. The third-order valence-corrected chi connectivity index (χ3v) is 12.5. The van der Waals surface area contributed by atoms with Gasteiger partial charge in [-0.1, -0.05) is 249 Å². The summed E-state index contributed by atoms with van der Waals surface area (Å²) in [6.07, 6.45) is 92.4. The standard InChI is InChI=1S/C71H112O6/c1-4-7-10-13-16-19-22-25-28-31-33-34-35-36-38-40-43-46-49-52-55-58-61-64-70(73)76-67-68(66-75-69(72)63-60-57-54-51-48-45-42-39-30-27-24-21-18-15-12-9-6-3)77-71(74)65-62-59-56-53-50-47-44-41-37-32-29-26-23-20-17-14-11-8-5-2/h7,9-10,12,16-21,25-30,33-34,36,38,42-43,45-46,52,55,68H,4-6,8,11,13-15,22-24,31-32,35,37,39-41,44,47-51,53-54,56-67H2,1-3H3/b10-7-,12-9-,19-16-,20-17-,21-18-,28-25-,29-26-,30-27-,34-33-,38-36-,45-42-,46-43-,55-52-. The van der Waals surface area contributed by atoms with Gasteiger partial charge in [-0.3, -0.25) is 14.4 Å². The van der Waals surface area contributed by atoms with Gasteiger partial charge in [0, 0.05) is 19.3 Å². The van der Waals surface area contributed by atoms with Crippen molar-refractivity contribution in [3.63, 3.8) is 0 Å². The molecule has 0 aromatic carbocycles. The normalized spacial score (nSPS) is 13.2. The molecular formula is C71H112O6. The molecule has 0 heterocycles. The molecule has 0 radical (unpaired) electrons. The van der Waals surface area contributed by atoms with Gasteiger partial charge in [-0.05, 0) is 141 Å². The second kappa shape index (κ2) is 63.6. The lowest BCUT2D eigenvalue weighted by Crippen LogP contribution is -2.30. The zero-order chi connectivity index (χ0) is 55.7. The summed E-state index contributed by atoms with van der Waals surface area (Å²) in [5.74, 6) is -1.01. The lowest BCUT2D eigenvalue weighted by Gasteiger charge is -2.18. The Bertz CT molecular complexity index is 1740. The monoisotopic (exact) mass is 1060 g/mol. The lowest BCUT2D eigenvalue weighted by molar-refractivity contribution is -0.167. The lowest BCUT2D eigenvalue weighted by atomic mass is 10.1. The van der Waals surface area contributed by atoms with Crippen molar-refractivity contribution in [1.29, 1.82) is 0 Å². The van der Waals surface area contributed by atoms with Crippen molar-refractivity contribution in [3.8, 4) is 0 Å². The van der Waals surface area contributed by atoms with Crippen LogP contribution in [0, 0.1) is 0 Å². The average molecular weight is 1060 g/mol. The largest absolute Gasteiger partial charge is 0.462 e. The Morgan fingerprint density at radius 2 is 0.519 bits per heavy atom. The third-order valence-electron chi connectivity index (χ3n) is 12.5. The maximum atomic E-state index is 12.9. The SMILES string of the molecule is CC/C=C\C/C=C\C/C=C\C/C=C\C/C=C\C/C=C\C/C=C\CCCC(=O)OCC(COC(=O)CCCCCC/C=C\C/C=C\C/C=C\C/C=C\CC)OC(=O)CCCCCCCCCCC/C=C\C/C=C\CCCCC. The van der Waals surface area contributed by atoms with Crippen LogP contribution in [0.2, 0.25) is 0 Å². The van der Waals surface area contributed by atoms with Gasteiger partial charge >= 0.3 is 17.9 Å². The third kappa shape index (κ3) is 61.8. The molecule has 0 N–H and O–H groups in total. The molecule has 6 nitrogen and oxygen atoms in total. The fraction of sp³-hybridized carbons (Fsp3) is 0.592. The number of ether oxygens (including phenoxy) is 3. The van der Waals surface area contributed by atoms with Crippen LogP contribution >= 0.6 is 0 Å². The topological polar surface area (TPSA) is 78.9 Å². The first-order valence-electron chi connectivity index (χ1n) is 31.0. The molecule has 0 aromatic heterocycles. The summed E-state index contributed by atoms with van der Waals surface area (Å²) in [6.45, 7) is 6.31. The predicted molar refractivity (Wildman–Crippen MR) is 334 cm³/mol. The molecule has 0 amide bonds. The number of carbonyl (C=O) groups excluding carboxylic acids is 3. The van der Waals surface area contributed by atoms with Crippen LogP contribution in [-0.2, 0) is 28.6 Å². The molecule has 432 valence electrons. The molecule has 6 heteroatoms. The minimum atomic E-state index is -0.824. The van der Waals surface area contributed by atoms with E-state index in [9.17, 15) is 14.4 Å². The van der Waals surface area contributed by atoms with E-state index in [1.165, 1.54) is 70.6 Å². The first-order chi connectivity index (χ1) is 38.0. The Morgan fingerprint density at radius 3 is 0.844 bits per heavy atom. The van der Waals surface area contributed by atoms with E-state index < -0.39 is 6.10 Å². The van der Waals surface area contributed by atoms with E-state index in [1.54, 1.807) is 0 Å². The van der Waals surface area contributed by atoms with E-state index in [2.05, 4.69) is 179 Å². The Morgan fingerprint density at radius 1 is 0.273 bits per heavy atom. The van der Waals surface area contributed by atoms with Crippen LogP contribution in [0.15, 0.2) is 158 Å². The number of rotatable bonds is 54. The zero-order valence-corrected chi connectivity index (χ0v) is 49.4. The highest BCUT2D eigenvalue weighted by atomic mass is 16.6. The summed E-state index contributed by atoms with van der Waals surface area (Å²) in [7, 11) is 0. The van der Waals surface area contributed by atoms with Crippen LogP contribution < -0.4 is 0 Å². The van der Waals surface area contributed by atoms with Crippen molar-refractivity contribution >= 4 is 17.9 Å². The molecule has 77 heavy (non-hydrogen) atoms. The minimum absolute atomic E-state index is 0.117. The van der Waals surface area contributed by atoms with Gasteiger partial charge in [0.25, 0.3) is 0 Å². The number of esters is 3. The van der Waals surface area contributed by atoms with E-state index in [0.29, 0.717) is 19.3 Å². The van der Waals surface area contributed by atoms with Crippen LogP contribution in [0.25, 0.3) is 0 Å². The molecule has 1 unspecified atom stereocenters. The van der Waals surface area contributed by atoms with Crippen LogP contribution in [0.1, 0.15) is 252 Å². The van der Waals surface area contributed by atoms with Crippen LogP contribution in [0.4, 0.5) is 0 Å². The number of hydrogen-bond donors (Lipinski definition) is 0. The molecule has 0 bridgehead atoms. The van der Waals surface area contributed by atoms with Gasteiger partial charge in [0.05, 0.1) is 0 Å². The highest BCUT2D eigenvalue weighted by Gasteiger charge is 2.19. The molecule has 0 saturated heterocycles. The average Bonchev–Trinajstić information content (AvgIpc) is 3.43. The number of carbonyl (C=O) groups is 3. The molecule has 0 aliphatic rings. The Hall–Kier alpha value is -4.97. The fourth-order valence-corrected chi connectivity index (χ4v) is 7.92. The van der Waals surface area contributed by atoms with Crippen LogP contribution in [-0.4, -0.2) is 37.2 Å². The Balaban J connectivity index is 4.56. The van der Waals surface area contributed by atoms with Gasteiger partial charge in [0.1, 0.15) is 13.2 Å². The van der Waals surface area contributed by atoms with E-state index in [-0.39, 0.29) is 37.5 Å². The molecule has 1 atom stereocenters. The smallest absolute Gasteiger partial charge is 0.306 e. The summed E-state index contributed by atoms with van der Waals surface area (Å²) in [6, 6.07) is 0. The first-order valence-corrected chi connectivity index (χ1v) is 31.0. The maximum absolute atomic E-state index is 12.9. The van der Waals surface area contributed by atoms with Crippen molar-refractivity contribution in [1.82, 2.24) is 0 Å². The predicted octanol–water partition coefficient (Wildman–Crippen LogP) is 21.3.